The molecule has 176 valence electrons. The summed E-state index contributed by atoms with van der Waals surface area (Å²) in [6.45, 7) is -1.99. The van der Waals surface area contributed by atoms with Gasteiger partial charge < -0.3 is 15.0 Å². The van der Waals surface area contributed by atoms with Gasteiger partial charge in [0.25, 0.3) is 10.0 Å². The molecule has 1 N–H and O–H groups in total. The van der Waals surface area contributed by atoms with Crippen LogP contribution in [0.15, 0.2) is 27.5 Å². The van der Waals surface area contributed by atoms with Crippen molar-refractivity contribution in [3.05, 3.63) is 23.8 Å². The molecule has 0 saturated carbocycles. The van der Waals surface area contributed by atoms with E-state index in [-0.39, 0.29) is 17.7 Å². The van der Waals surface area contributed by atoms with Gasteiger partial charge in [0.15, 0.2) is 0 Å². The molecule has 0 spiro atoms. The van der Waals surface area contributed by atoms with Crippen LogP contribution in [-0.4, -0.2) is 72.0 Å². The van der Waals surface area contributed by atoms with E-state index >= 15 is 0 Å². The molecular weight excluding hydrogens is 460 g/mol. The first kappa shape index (κ1) is 26.5. The fraction of sp³-hybridized carbons (Fsp3) is 0.500. The van der Waals surface area contributed by atoms with E-state index in [4.69, 9.17) is 4.74 Å². The molecule has 0 aliphatic rings. The van der Waals surface area contributed by atoms with Crippen molar-refractivity contribution < 1.29 is 49.0 Å². The summed E-state index contributed by atoms with van der Waals surface area (Å²) in [5, 5.41) is 1.64. The van der Waals surface area contributed by atoms with Gasteiger partial charge in [0.05, 0.1) is 6.61 Å². The topological polar surface area (TPSA) is 97.3 Å². The highest BCUT2D eigenvalue weighted by Gasteiger charge is 2.38. The Kier molecular flexibility index (Phi) is 9.10. The summed E-state index contributed by atoms with van der Waals surface area (Å²) in [6, 6.07) is 3.45. The minimum Gasteiger partial charge on any atom is -0.490 e. The first-order valence-electron chi connectivity index (χ1n) is 8.40. The van der Waals surface area contributed by atoms with Gasteiger partial charge in [0, 0.05) is 20.6 Å². The molecule has 31 heavy (non-hydrogen) atoms. The van der Waals surface area contributed by atoms with Crippen molar-refractivity contribution in [3.8, 4) is 5.75 Å². The van der Waals surface area contributed by atoms with Crippen molar-refractivity contribution in [1.82, 2.24) is 10.2 Å². The van der Waals surface area contributed by atoms with E-state index in [2.05, 4.69) is 9.13 Å². The zero-order valence-electron chi connectivity index (χ0n) is 16.2. The summed E-state index contributed by atoms with van der Waals surface area (Å²) in [5.41, 5.74) is 0.208. The Labute approximate surface area is 173 Å². The second-order valence-corrected chi connectivity index (χ2v) is 7.69. The lowest BCUT2D eigenvalue weighted by Gasteiger charge is -2.14. The van der Waals surface area contributed by atoms with E-state index in [1.807, 2.05) is 0 Å². The molecule has 8 nitrogen and oxygen atoms in total. The van der Waals surface area contributed by atoms with Crippen LogP contribution >= 0.6 is 0 Å². The molecule has 0 heterocycles. The highest BCUT2D eigenvalue weighted by atomic mass is 32.2. The van der Waals surface area contributed by atoms with Gasteiger partial charge >= 0.3 is 18.4 Å². The lowest BCUT2D eigenvalue weighted by molar-refractivity contribution is -0.325. The summed E-state index contributed by atoms with van der Waals surface area (Å²) < 4.78 is 110. The Morgan fingerprint density at radius 1 is 1.16 bits per heavy atom. The monoisotopic (exact) mass is 479 g/mol. The Balaban J connectivity index is 3.03. The first-order chi connectivity index (χ1) is 14.1. The quantitative estimate of drug-likeness (QED) is 0.239. The molecule has 1 amide bonds. The third kappa shape index (κ3) is 9.87. The molecule has 0 radical (unpaired) electrons. The number of halogens is 6. The molecule has 1 rings (SSSR count). The summed E-state index contributed by atoms with van der Waals surface area (Å²) in [5.74, 6) is -2.48. The standard InChI is InChI=1S/C16H19F6N3O5S/c1-25(2)10-24-31(27,28)13-9-11(5-6-23-14(26)15(17,18)19)3-4-12(13)29-7-8-30-16(20,21)22/h3-4,9-10H,5-8H2,1-2H3,(H,23,26)/b24-10+. The van der Waals surface area contributed by atoms with Crippen molar-refractivity contribution in [1.29, 1.82) is 0 Å². The second kappa shape index (κ2) is 10.7. The van der Waals surface area contributed by atoms with Crippen LogP contribution in [0.1, 0.15) is 5.56 Å². The molecular formula is C16H19F6N3O5S. The summed E-state index contributed by atoms with van der Waals surface area (Å²) in [6.07, 6.45) is -9.16. The summed E-state index contributed by atoms with van der Waals surface area (Å²) in [7, 11) is -1.38. The van der Waals surface area contributed by atoms with Crippen LogP contribution in [0, 0.1) is 0 Å². The molecule has 0 aliphatic heterocycles. The Morgan fingerprint density at radius 3 is 2.35 bits per heavy atom. The average molecular weight is 479 g/mol. The maximum atomic E-state index is 12.5. The van der Waals surface area contributed by atoms with Crippen molar-refractivity contribution >= 4 is 22.3 Å². The normalized spacial score (nSPS) is 12.8. The second-order valence-electron chi connectivity index (χ2n) is 6.09. The van der Waals surface area contributed by atoms with Crippen LogP contribution in [0.5, 0.6) is 5.75 Å². The van der Waals surface area contributed by atoms with Crippen LogP contribution in [0.2, 0.25) is 0 Å². The van der Waals surface area contributed by atoms with Crippen molar-refractivity contribution in [2.75, 3.05) is 33.9 Å². The molecule has 0 aliphatic carbocycles. The van der Waals surface area contributed by atoms with E-state index < -0.39 is 53.1 Å². The van der Waals surface area contributed by atoms with Gasteiger partial charge in [-0.2, -0.15) is 21.6 Å². The largest absolute Gasteiger partial charge is 0.522 e. The molecule has 0 atom stereocenters. The number of carbonyl (C=O) groups excluding carboxylic acids is 1. The molecule has 1 aromatic carbocycles. The molecule has 0 unspecified atom stereocenters. The molecule has 0 aromatic heterocycles. The molecule has 1 aromatic rings. The predicted octanol–water partition coefficient (Wildman–Crippen LogP) is 2.10. The maximum Gasteiger partial charge on any atom is 0.522 e. The van der Waals surface area contributed by atoms with Crippen molar-refractivity contribution in [2.24, 2.45) is 4.40 Å². The molecule has 0 bridgehead atoms. The third-order valence-electron chi connectivity index (χ3n) is 3.27. The minimum absolute atomic E-state index is 0.167. The van der Waals surface area contributed by atoms with Gasteiger partial charge in [-0.05, 0) is 24.1 Å². The third-order valence-corrected chi connectivity index (χ3v) is 4.51. The van der Waals surface area contributed by atoms with Gasteiger partial charge in [0.2, 0.25) is 0 Å². The van der Waals surface area contributed by atoms with Crippen LogP contribution in [0.25, 0.3) is 0 Å². The lowest BCUT2D eigenvalue weighted by atomic mass is 10.1. The Hall–Kier alpha value is -2.55. The van der Waals surface area contributed by atoms with Gasteiger partial charge in [0.1, 0.15) is 23.6 Å². The number of ether oxygens (including phenoxy) is 2. The van der Waals surface area contributed by atoms with Gasteiger partial charge in [-0.15, -0.1) is 17.6 Å². The molecule has 15 heteroatoms. The van der Waals surface area contributed by atoms with Gasteiger partial charge in [-0.25, -0.2) is 0 Å². The summed E-state index contributed by atoms with van der Waals surface area (Å²) >= 11 is 0. The SMILES string of the molecule is CN(C)/C=N/S(=O)(=O)c1cc(CCNC(=O)C(F)(F)F)ccc1OCCOC(F)(F)F. The number of benzene rings is 1. The van der Waals surface area contributed by atoms with Crippen molar-refractivity contribution in [3.63, 3.8) is 0 Å². The van der Waals surface area contributed by atoms with Crippen LogP contribution < -0.4 is 10.1 Å². The number of rotatable bonds is 10. The Morgan fingerprint density at radius 2 is 1.81 bits per heavy atom. The smallest absolute Gasteiger partial charge is 0.490 e. The zero-order chi connectivity index (χ0) is 23.9. The molecule has 0 saturated heterocycles. The fourth-order valence-electron chi connectivity index (χ4n) is 1.97. The summed E-state index contributed by atoms with van der Waals surface area (Å²) in [4.78, 5) is 11.6. The number of hydrogen-bond donors (Lipinski definition) is 1. The van der Waals surface area contributed by atoms with Gasteiger partial charge in [-0.1, -0.05) is 6.07 Å². The number of sulfonamides is 1. The zero-order valence-corrected chi connectivity index (χ0v) is 17.1. The van der Waals surface area contributed by atoms with E-state index in [0.29, 0.717) is 0 Å². The fourth-order valence-corrected chi connectivity index (χ4v) is 3.08. The maximum absolute atomic E-state index is 12.5. The number of carbonyl (C=O) groups is 1. The predicted molar refractivity (Wildman–Crippen MR) is 96.1 cm³/mol. The highest BCUT2D eigenvalue weighted by Crippen LogP contribution is 2.27. The number of amides is 1. The minimum atomic E-state index is -5.06. The number of hydrogen-bond acceptors (Lipinski definition) is 5. The van der Waals surface area contributed by atoms with Crippen LogP contribution in [-0.2, 0) is 26.0 Å². The lowest BCUT2D eigenvalue weighted by Crippen LogP contribution is -2.37. The van der Waals surface area contributed by atoms with E-state index in [1.165, 1.54) is 25.1 Å². The van der Waals surface area contributed by atoms with Crippen LogP contribution in [0.4, 0.5) is 26.3 Å². The molecule has 0 fully saturated rings. The van der Waals surface area contributed by atoms with Crippen molar-refractivity contribution in [2.45, 2.75) is 23.9 Å². The number of nitrogens with one attached hydrogen (secondary N) is 1. The van der Waals surface area contributed by atoms with E-state index in [0.717, 1.165) is 18.5 Å². The average Bonchev–Trinajstić information content (AvgIpc) is 2.62. The van der Waals surface area contributed by atoms with E-state index in [9.17, 15) is 39.6 Å². The first-order valence-corrected chi connectivity index (χ1v) is 9.84. The van der Waals surface area contributed by atoms with Gasteiger partial charge in [-0.3, -0.25) is 9.53 Å². The number of nitrogens with zero attached hydrogens (tertiary/aromatic N) is 2. The van der Waals surface area contributed by atoms with E-state index in [1.54, 1.807) is 5.32 Å². The van der Waals surface area contributed by atoms with Crippen LogP contribution in [0.3, 0.4) is 0 Å². The Bertz CT molecular complexity index is 885. The highest BCUT2D eigenvalue weighted by molar-refractivity contribution is 7.90. The number of alkyl halides is 6.